The number of rotatable bonds is 3. The number of phenolic OH excluding ortho intramolecular Hbond substituents is 1. The predicted molar refractivity (Wildman–Crippen MR) is 73.3 cm³/mol. The van der Waals surface area contributed by atoms with Gasteiger partial charge in [0.05, 0.1) is 11.3 Å². The number of aromatic hydroxyl groups is 1. The average Bonchev–Trinajstić information content (AvgIpc) is 2.48. The molecule has 0 fully saturated rings. The molecule has 122 valence electrons. The van der Waals surface area contributed by atoms with Crippen molar-refractivity contribution in [1.82, 2.24) is 0 Å². The van der Waals surface area contributed by atoms with Crippen molar-refractivity contribution in [3.8, 4) is 5.75 Å². The molecule has 0 atom stereocenters. The highest BCUT2D eigenvalue weighted by Crippen LogP contribution is 2.36. The summed E-state index contributed by atoms with van der Waals surface area (Å²) in [5, 5.41) is 11.4. The molecule has 4 nitrogen and oxygen atoms in total. The minimum atomic E-state index is -4.96. The van der Waals surface area contributed by atoms with Crippen LogP contribution in [0.4, 0.5) is 28.0 Å². The summed E-state index contributed by atoms with van der Waals surface area (Å²) in [6.07, 6.45) is -6.04. The third-order valence-electron chi connectivity index (χ3n) is 2.84. The predicted octanol–water partition coefficient (Wildman–Crippen LogP) is 4.30. The minimum absolute atomic E-state index is 0.110. The lowest BCUT2D eigenvalue weighted by Crippen LogP contribution is -2.15. The van der Waals surface area contributed by atoms with Crippen LogP contribution < -0.4 is 5.32 Å². The lowest BCUT2D eigenvalue weighted by atomic mass is 10.1. The highest BCUT2D eigenvalue weighted by Gasteiger charge is 2.35. The summed E-state index contributed by atoms with van der Waals surface area (Å²) in [6.45, 7) is -0.110. The summed E-state index contributed by atoms with van der Waals surface area (Å²) < 4.78 is 55.8. The van der Waals surface area contributed by atoms with Crippen LogP contribution in [0.2, 0.25) is 0 Å². The van der Waals surface area contributed by atoms with Crippen molar-refractivity contribution in [2.45, 2.75) is 12.8 Å². The van der Waals surface area contributed by atoms with Gasteiger partial charge < -0.3 is 9.84 Å². The fourth-order valence-corrected chi connectivity index (χ4v) is 1.75. The largest absolute Gasteiger partial charge is 0.506 e. The Morgan fingerprint density at radius 3 is 2.43 bits per heavy atom. The number of phenols is 1. The van der Waals surface area contributed by atoms with Crippen LogP contribution >= 0.6 is 0 Å². The Hall–Kier alpha value is -2.77. The number of hydrogen-bond acceptors (Lipinski definition) is 3. The molecule has 2 N–H and O–H groups in total. The summed E-state index contributed by atoms with van der Waals surface area (Å²) in [7, 11) is 0. The lowest BCUT2D eigenvalue weighted by Gasteiger charge is -2.13. The number of carbonyl (C=O) groups is 1. The van der Waals surface area contributed by atoms with E-state index in [0.717, 1.165) is 0 Å². The number of amides is 1. The zero-order valence-electron chi connectivity index (χ0n) is 11.5. The van der Waals surface area contributed by atoms with Crippen molar-refractivity contribution in [2.75, 3.05) is 5.32 Å². The van der Waals surface area contributed by atoms with E-state index in [2.05, 4.69) is 0 Å². The maximum Gasteiger partial charge on any atom is 0.419 e. The van der Waals surface area contributed by atoms with Gasteiger partial charge >= 0.3 is 12.3 Å². The molecule has 0 saturated heterocycles. The Kier molecular flexibility index (Phi) is 4.73. The summed E-state index contributed by atoms with van der Waals surface area (Å²) in [5.41, 5.74) is -1.53. The van der Waals surface area contributed by atoms with E-state index < -0.39 is 35.1 Å². The normalized spacial score (nSPS) is 11.1. The Labute approximate surface area is 128 Å². The molecular formula is C15H11F4NO3. The van der Waals surface area contributed by atoms with Gasteiger partial charge in [0.1, 0.15) is 18.2 Å². The van der Waals surface area contributed by atoms with Crippen molar-refractivity contribution in [3.05, 3.63) is 59.4 Å². The molecule has 0 heterocycles. The fourth-order valence-electron chi connectivity index (χ4n) is 1.75. The van der Waals surface area contributed by atoms with Gasteiger partial charge in [-0.2, -0.15) is 13.2 Å². The lowest BCUT2D eigenvalue weighted by molar-refractivity contribution is -0.139. The number of anilines is 1. The minimum Gasteiger partial charge on any atom is -0.506 e. The molecule has 0 spiro atoms. The van der Waals surface area contributed by atoms with Crippen molar-refractivity contribution < 1.29 is 32.2 Å². The van der Waals surface area contributed by atoms with Crippen LogP contribution in [0.1, 0.15) is 11.1 Å². The Bertz CT molecular complexity index is 702. The molecule has 0 unspecified atom stereocenters. The van der Waals surface area contributed by atoms with Crippen LogP contribution in [-0.4, -0.2) is 11.2 Å². The van der Waals surface area contributed by atoms with Gasteiger partial charge in [-0.05, 0) is 11.6 Å². The topological polar surface area (TPSA) is 58.6 Å². The third-order valence-corrected chi connectivity index (χ3v) is 2.84. The number of alkyl halides is 3. The van der Waals surface area contributed by atoms with Crippen molar-refractivity contribution in [2.24, 2.45) is 0 Å². The second-order valence-electron chi connectivity index (χ2n) is 4.53. The van der Waals surface area contributed by atoms with Gasteiger partial charge in [0.2, 0.25) is 0 Å². The van der Waals surface area contributed by atoms with Gasteiger partial charge in [-0.25, -0.2) is 9.18 Å². The molecule has 0 radical (unpaired) electrons. The third kappa shape index (κ3) is 4.35. The van der Waals surface area contributed by atoms with E-state index in [-0.39, 0.29) is 12.7 Å². The van der Waals surface area contributed by atoms with Gasteiger partial charge in [-0.3, -0.25) is 5.32 Å². The molecule has 1 amide bonds. The number of nitrogens with one attached hydrogen (secondary N) is 1. The first-order chi connectivity index (χ1) is 10.8. The van der Waals surface area contributed by atoms with E-state index in [1.807, 2.05) is 5.32 Å². The molecule has 2 rings (SSSR count). The number of benzene rings is 2. The van der Waals surface area contributed by atoms with Crippen LogP contribution in [0.25, 0.3) is 0 Å². The monoisotopic (exact) mass is 329 g/mol. The van der Waals surface area contributed by atoms with Crippen LogP contribution in [0.3, 0.4) is 0 Å². The smallest absolute Gasteiger partial charge is 0.419 e. The van der Waals surface area contributed by atoms with Gasteiger partial charge in [0.15, 0.2) is 0 Å². The fraction of sp³-hybridized carbons (Fsp3) is 0.133. The summed E-state index contributed by atoms with van der Waals surface area (Å²) in [5.74, 6) is -2.48. The molecule has 0 aliphatic carbocycles. The summed E-state index contributed by atoms with van der Waals surface area (Å²) in [4.78, 5) is 11.6. The molecule has 0 aliphatic rings. The number of halogens is 4. The standard InChI is InChI=1S/C15H11F4NO3/c16-11-7-13(21)12(6-10(11)15(17,18)19)20-14(22)23-8-9-4-2-1-3-5-9/h1-7,21H,8H2,(H,20,22). The van der Waals surface area contributed by atoms with E-state index in [1.165, 1.54) is 0 Å². The van der Waals surface area contributed by atoms with Crippen molar-refractivity contribution >= 4 is 11.8 Å². The van der Waals surface area contributed by atoms with E-state index in [1.54, 1.807) is 30.3 Å². The molecular weight excluding hydrogens is 318 g/mol. The molecule has 2 aromatic carbocycles. The van der Waals surface area contributed by atoms with E-state index in [0.29, 0.717) is 11.6 Å². The van der Waals surface area contributed by atoms with Crippen LogP contribution in [0.15, 0.2) is 42.5 Å². The SMILES string of the molecule is O=C(Nc1cc(C(F)(F)F)c(F)cc1O)OCc1ccccc1. The molecule has 0 aromatic heterocycles. The first-order valence-electron chi connectivity index (χ1n) is 6.35. The first-order valence-corrected chi connectivity index (χ1v) is 6.35. The number of ether oxygens (including phenoxy) is 1. The van der Waals surface area contributed by atoms with E-state index in [9.17, 15) is 27.5 Å². The molecule has 8 heteroatoms. The van der Waals surface area contributed by atoms with Gasteiger partial charge in [-0.1, -0.05) is 30.3 Å². The molecule has 2 aromatic rings. The highest BCUT2D eigenvalue weighted by atomic mass is 19.4. The van der Waals surface area contributed by atoms with Gasteiger partial charge in [-0.15, -0.1) is 0 Å². The maximum absolute atomic E-state index is 13.2. The van der Waals surface area contributed by atoms with Crippen LogP contribution in [-0.2, 0) is 17.5 Å². The highest BCUT2D eigenvalue weighted by molar-refractivity contribution is 5.86. The summed E-state index contributed by atoms with van der Waals surface area (Å²) in [6, 6.07) is 9.15. The maximum atomic E-state index is 13.2. The van der Waals surface area contributed by atoms with E-state index in [4.69, 9.17) is 4.74 Å². The Morgan fingerprint density at radius 1 is 1.17 bits per heavy atom. The van der Waals surface area contributed by atoms with Crippen molar-refractivity contribution in [3.63, 3.8) is 0 Å². The number of hydrogen-bond donors (Lipinski definition) is 2. The molecule has 23 heavy (non-hydrogen) atoms. The van der Waals surface area contributed by atoms with E-state index >= 15 is 0 Å². The second-order valence-corrected chi connectivity index (χ2v) is 4.53. The average molecular weight is 329 g/mol. The van der Waals surface area contributed by atoms with Crippen LogP contribution in [0.5, 0.6) is 5.75 Å². The van der Waals surface area contributed by atoms with Crippen LogP contribution in [0, 0.1) is 5.82 Å². The number of carbonyl (C=O) groups excluding carboxylic acids is 1. The Balaban J connectivity index is 2.09. The molecule has 0 saturated carbocycles. The quantitative estimate of drug-likeness (QED) is 0.652. The van der Waals surface area contributed by atoms with Gasteiger partial charge in [0.25, 0.3) is 0 Å². The zero-order valence-corrected chi connectivity index (χ0v) is 11.5. The molecule has 0 aliphatic heterocycles. The summed E-state index contributed by atoms with van der Waals surface area (Å²) >= 11 is 0. The first kappa shape index (κ1) is 16.6. The Morgan fingerprint density at radius 2 is 1.83 bits per heavy atom. The second kappa shape index (κ2) is 6.55. The van der Waals surface area contributed by atoms with Crippen molar-refractivity contribution in [1.29, 1.82) is 0 Å². The van der Waals surface area contributed by atoms with Gasteiger partial charge in [0, 0.05) is 6.07 Å². The molecule has 0 bridgehead atoms. The zero-order chi connectivity index (χ0) is 17.0.